The molecule has 0 aliphatic rings. The van der Waals surface area contributed by atoms with Gasteiger partial charge in [0.25, 0.3) is 0 Å². The number of methoxy groups -OCH3 is 1. The number of benzene rings is 2. The van der Waals surface area contributed by atoms with Crippen LogP contribution in [0.5, 0.6) is 17.2 Å². The molecular formula is C17H20O3. The summed E-state index contributed by atoms with van der Waals surface area (Å²) < 4.78 is 5.10. The summed E-state index contributed by atoms with van der Waals surface area (Å²) in [6, 6.07) is 9.80. The van der Waals surface area contributed by atoms with E-state index in [1.807, 2.05) is 12.1 Å². The first-order valence-electron chi connectivity index (χ1n) is 6.65. The van der Waals surface area contributed by atoms with Gasteiger partial charge < -0.3 is 14.9 Å². The van der Waals surface area contributed by atoms with Gasteiger partial charge in [-0.25, -0.2) is 0 Å². The lowest BCUT2D eigenvalue weighted by Crippen LogP contribution is -1.92. The summed E-state index contributed by atoms with van der Waals surface area (Å²) in [5.41, 5.74) is 3.45. The molecule has 3 nitrogen and oxygen atoms in total. The van der Waals surface area contributed by atoms with Crippen molar-refractivity contribution in [2.24, 2.45) is 0 Å². The molecular weight excluding hydrogens is 252 g/mol. The fourth-order valence-electron chi connectivity index (χ4n) is 2.25. The summed E-state index contributed by atoms with van der Waals surface area (Å²) in [4.78, 5) is 0. The zero-order valence-corrected chi connectivity index (χ0v) is 12.3. The van der Waals surface area contributed by atoms with Crippen LogP contribution in [0, 0.1) is 6.92 Å². The van der Waals surface area contributed by atoms with Gasteiger partial charge in [-0.1, -0.05) is 38.1 Å². The fourth-order valence-corrected chi connectivity index (χ4v) is 2.25. The van der Waals surface area contributed by atoms with E-state index in [1.165, 1.54) is 12.7 Å². The average Bonchev–Trinajstić information content (AvgIpc) is 2.43. The van der Waals surface area contributed by atoms with E-state index in [2.05, 4.69) is 26.0 Å². The van der Waals surface area contributed by atoms with Gasteiger partial charge in [0.05, 0.1) is 7.11 Å². The van der Waals surface area contributed by atoms with Gasteiger partial charge in [0.15, 0.2) is 11.5 Å². The first-order chi connectivity index (χ1) is 9.45. The Hall–Kier alpha value is -2.16. The Morgan fingerprint density at radius 1 is 1.05 bits per heavy atom. The second kappa shape index (κ2) is 5.45. The molecule has 0 bridgehead atoms. The molecule has 20 heavy (non-hydrogen) atoms. The van der Waals surface area contributed by atoms with Crippen LogP contribution in [0.15, 0.2) is 30.3 Å². The fraction of sp³-hybridized carbons (Fsp3) is 0.294. The minimum Gasteiger partial charge on any atom is -0.504 e. The predicted molar refractivity (Wildman–Crippen MR) is 80.6 cm³/mol. The van der Waals surface area contributed by atoms with E-state index in [-0.39, 0.29) is 17.2 Å². The molecule has 2 aromatic rings. The van der Waals surface area contributed by atoms with Crippen LogP contribution in [-0.4, -0.2) is 17.3 Å². The van der Waals surface area contributed by atoms with Crippen molar-refractivity contribution in [1.82, 2.24) is 0 Å². The van der Waals surface area contributed by atoms with Crippen molar-refractivity contribution in [3.63, 3.8) is 0 Å². The van der Waals surface area contributed by atoms with Gasteiger partial charge in [-0.3, -0.25) is 0 Å². The van der Waals surface area contributed by atoms with Gasteiger partial charge in [-0.05, 0) is 35.6 Å². The Labute approximate surface area is 119 Å². The molecule has 0 radical (unpaired) electrons. The van der Waals surface area contributed by atoms with Crippen molar-refractivity contribution in [3.8, 4) is 28.4 Å². The third-order valence-corrected chi connectivity index (χ3v) is 3.49. The molecule has 106 valence electrons. The van der Waals surface area contributed by atoms with E-state index in [1.54, 1.807) is 13.0 Å². The first-order valence-corrected chi connectivity index (χ1v) is 6.65. The molecule has 2 aromatic carbocycles. The van der Waals surface area contributed by atoms with Crippen LogP contribution in [-0.2, 0) is 0 Å². The first kappa shape index (κ1) is 14.3. The molecule has 0 fully saturated rings. The van der Waals surface area contributed by atoms with Gasteiger partial charge in [0, 0.05) is 5.56 Å². The number of phenols is 2. The molecule has 0 amide bonds. The molecule has 0 atom stereocenters. The maximum absolute atomic E-state index is 10.3. The predicted octanol–water partition coefficient (Wildman–Crippen LogP) is 4.21. The monoisotopic (exact) mass is 272 g/mol. The van der Waals surface area contributed by atoms with E-state index in [0.29, 0.717) is 17.0 Å². The van der Waals surface area contributed by atoms with Crippen LogP contribution in [0.1, 0.15) is 30.9 Å². The number of rotatable bonds is 3. The number of ether oxygens (including phenoxy) is 1. The van der Waals surface area contributed by atoms with E-state index < -0.39 is 0 Å². The normalized spacial score (nSPS) is 10.8. The van der Waals surface area contributed by atoms with Crippen LogP contribution in [0.4, 0.5) is 0 Å². The lowest BCUT2D eigenvalue weighted by molar-refractivity contribution is 0.344. The zero-order chi connectivity index (χ0) is 14.9. The van der Waals surface area contributed by atoms with Crippen LogP contribution in [0.25, 0.3) is 11.1 Å². The molecule has 0 saturated heterocycles. The Morgan fingerprint density at radius 2 is 1.75 bits per heavy atom. The number of aromatic hydroxyl groups is 2. The van der Waals surface area contributed by atoms with Crippen LogP contribution in [0.3, 0.4) is 0 Å². The van der Waals surface area contributed by atoms with Crippen molar-refractivity contribution in [1.29, 1.82) is 0 Å². The van der Waals surface area contributed by atoms with Gasteiger partial charge in [0.2, 0.25) is 5.75 Å². The van der Waals surface area contributed by atoms with Crippen LogP contribution >= 0.6 is 0 Å². The van der Waals surface area contributed by atoms with Crippen LogP contribution < -0.4 is 4.74 Å². The molecule has 0 heterocycles. The summed E-state index contributed by atoms with van der Waals surface area (Å²) in [6.45, 7) is 6.04. The van der Waals surface area contributed by atoms with Gasteiger partial charge in [0.1, 0.15) is 0 Å². The summed E-state index contributed by atoms with van der Waals surface area (Å²) in [5, 5.41) is 20.2. The second-order valence-electron chi connectivity index (χ2n) is 5.25. The molecule has 0 aliphatic heterocycles. The highest BCUT2D eigenvalue weighted by atomic mass is 16.5. The third-order valence-electron chi connectivity index (χ3n) is 3.49. The van der Waals surface area contributed by atoms with E-state index in [4.69, 9.17) is 4.74 Å². The quantitative estimate of drug-likeness (QED) is 0.880. The van der Waals surface area contributed by atoms with E-state index in [9.17, 15) is 10.2 Å². The molecule has 3 heteroatoms. The third kappa shape index (κ3) is 2.44. The Bertz CT molecular complexity index is 630. The largest absolute Gasteiger partial charge is 0.504 e. The van der Waals surface area contributed by atoms with Crippen LogP contribution in [0.2, 0.25) is 0 Å². The smallest absolute Gasteiger partial charge is 0.203 e. The molecule has 2 N–H and O–H groups in total. The summed E-state index contributed by atoms with van der Waals surface area (Å²) in [5.74, 6) is 0.484. The summed E-state index contributed by atoms with van der Waals surface area (Å²) in [7, 11) is 1.43. The van der Waals surface area contributed by atoms with Crippen molar-refractivity contribution < 1.29 is 14.9 Å². The molecule has 0 aromatic heterocycles. The Morgan fingerprint density at radius 3 is 2.35 bits per heavy atom. The number of hydrogen-bond acceptors (Lipinski definition) is 3. The van der Waals surface area contributed by atoms with Crippen molar-refractivity contribution in [3.05, 3.63) is 41.5 Å². The molecule has 0 spiro atoms. The highest BCUT2D eigenvalue weighted by molar-refractivity contribution is 5.77. The van der Waals surface area contributed by atoms with E-state index >= 15 is 0 Å². The Balaban J connectivity index is 2.64. The summed E-state index contributed by atoms with van der Waals surface area (Å²) in [6.07, 6.45) is 0. The maximum atomic E-state index is 10.3. The average molecular weight is 272 g/mol. The highest BCUT2D eigenvalue weighted by Crippen LogP contribution is 2.45. The minimum atomic E-state index is -0.0310. The number of phenolic OH excluding ortho intramolecular Hbond substituents is 2. The van der Waals surface area contributed by atoms with Gasteiger partial charge in [-0.15, -0.1) is 0 Å². The molecule has 2 rings (SSSR count). The lowest BCUT2D eigenvalue weighted by Gasteiger charge is -2.14. The second-order valence-corrected chi connectivity index (χ2v) is 5.25. The van der Waals surface area contributed by atoms with Crippen molar-refractivity contribution in [2.75, 3.05) is 7.11 Å². The lowest BCUT2D eigenvalue weighted by atomic mass is 9.95. The minimum absolute atomic E-state index is 0.0197. The SMILES string of the molecule is COc1c(O)c(C)cc(-c2cccc(C(C)C)c2)c1O. The topological polar surface area (TPSA) is 49.7 Å². The van der Waals surface area contributed by atoms with Crippen molar-refractivity contribution in [2.45, 2.75) is 26.7 Å². The van der Waals surface area contributed by atoms with Crippen molar-refractivity contribution >= 4 is 0 Å². The number of hydrogen-bond donors (Lipinski definition) is 2. The molecule has 0 aliphatic carbocycles. The highest BCUT2D eigenvalue weighted by Gasteiger charge is 2.17. The standard InChI is InChI=1S/C17H20O3/c1-10(2)12-6-5-7-13(9-12)14-8-11(3)15(18)17(20-4)16(14)19/h5-10,18-19H,1-4H3. The maximum Gasteiger partial charge on any atom is 0.203 e. The van der Waals surface area contributed by atoms with Gasteiger partial charge >= 0.3 is 0 Å². The summed E-state index contributed by atoms with van der Waals surface area (Å²) >= 11 is 0. The van der Waals surface area contributed by atoms with E-state index in [0.717, 1.165) is 5.56 Å². The van der Waals surface area contributed by atoms with Gasteiger partial charge in [-0.2, -0.15) is 0 Å². The molecule has 0 unspecified atom stereocenters. The molecule has 0 saturated carbocycles. The Kier molecular flexibility index (Phi) is 3.89. The number of aryl methyl sites for hydroxylation is 1. The zero-order valence-electron chi connectivity index (χ0n) is 12.3.